The topological polar surface area (TPSA) is 43.4 Å². The summed E-state index contributed by atoms with van der Waals surface area (Å²) in [6.45, 7) is 3.61. The summed E-state index contributed by atoms with van der Waals surface area (Å²) < 4.78 is 41.2. The lowest BCUT2D eigenvalue weighted by atomic mass is 10.2. The molecule has 0 spiro atoms. The van der Waals surface area contributed by atoms with Gasteiger partial charge in [-0.05, 0) is 31.0 Å². The third kappa shape index (κ3) is 4.73. The minimum atomic E-state index is -3.07. The molecule has 0 aliphatic carbocycles. The van der Waals surface area contributed by atoms with Crippen LogP contribution in [0.25, 0.3) is 0 Å². The fourth-order valence-electron chi connectivity index (χ4n) is 1.41. The van der Waals surface area contributed by atoms with E-state index >= 15 is 0 Å². The Morgan fingerprint density at radius 2 is 2.00 bits per heavy atom. The van der Waals surface area contributed by atoms with E-state index < -0.39 is 15.7 Å². The smallest absolute Gasteiger partial charge is 0.165 e. The van der Waals surface area contributed by atoms with Gasteiger partial charge in [-0.15, -0.1) is 0 Å². The Morgan fingerprint density at radius 3 is 2.65 bits per heavy atom. The molecule has 1 rings (SSSR count). The van der Waals surface area contributed by atoms with Crippen molar-refractivity contribution in [1.29, 1.82) is 0 Å². The van der Waals surface area contributed by atoms with Crippen LogP contribution >= 0.6 is 0 Å². The van der Waals surface area contributed by atoms with Crippen molar-refractivity contribution in [3.63, 3.8) is 0 Å². The Morgan fingerprint density at radius 1 is 1.29 bits per heavy atom. The molecule has 1 aromatic rings. The van der Waals surface area contributed by atoms with E-state index in [0.717, 1.165) is 5.56 Å². The molecule has 96 valence electrons. The first-order valence-electron chi connectivity index (χ1n) is 5.54. The molecule has 0 amide bonds. The van der Waals surface area contributed by atoms with Gasteiger partial charge < -0.3 is 4.74 Å². The van der Waals surface area contributed by atoms with Crippen molar-refractivity contribution >= 4 is 9.84 Å². The van der Waals surface area contributed by atoms with Crippen LogP contribution in [0.2, 0.25) is 0 Å². The minimum Gasteiger partial charge on any atom is -0.489 e. The maximum atomic E-state index is 13.3. The first-order valence-corrected chi connectivity index (χ1v) is 7.36. The molecule has 0 unspecified atom stereocenters. The molecule has 0 saturated carbocycles. The molecular weight excluding hydrogens is 243 g/mol. The van der Waals surface area contributed by atoms with E-state index in [1.807, 2.05) is 6.92 Å². The van der Waals surface area contributed by atoms with Crippen LogP contribution in [0.5, 0.6) is 5.75 Å². The second-order valence-corrected chi connectivity index (χ2v) is 6.24. The molecule has 0 aliphatic heterocycles. The van der Waals surface area contributed by atoms with E-state index in [0.29, 0.717) is 6.42 Å². The van der Waals surface area contributed by atoms with Gasteiger partial charge in [-0.1, -0.05) is 13.0 Å². The lowest BCUT2D eigenvalue weighted by molar-refractivity contribution is 0.322. The number of hydrogen-bond acceptors (Lipinski definition) is 3. The van der Waals surface area contributed by atoms with Gasteiger partial charge in [0.15, 0.2) is 21.4 Å². The van der Waals surface area contributed by atoms with Crippen molar-refractivity contribution in [1.82, 2.24) is 0 Å². The molecule has 17 heavy (non-hydrogen) atoms. The molecule has 0 heterocycles. The van der Waals surface area contributed by atoms with E-state index in [9.17, 15) is 12.8 Å². The largest absolute Gasteiger partial charge is 0.489 e. The molecule has 0 aliphatic rings. The lowest BCUT2D eigenvalue weighted by Gasteiger charge is -2.08. The summed E-state index contributed by atoms with van der Waals surface area (Å²) in [5.74, 6) is -0.291. The standard InChI is InChI=1S/C12H17FO3S/c1-3-7-17(14,15)8-6-16-12-9-10(2)4-5-11(12)13/h4-5,9H,3,6-8H2,1-2H3. The summed E-state index contributed by atoms with van der Waals surface area (Å²) >= 11 is 0. The van der Waals surface area contributed by atoms with E-state index in [1.165, 1.54) is 6.07 Å². The second-order valence-electron chi connectivity index (χ2n) is 3.93. The third-order valence-corrected chi connectivity index (χ3v) is 4.07. The fraction of sp³-hybridized carbons (Fsp3) is 0.500. The average Bonchev–Trinajstić information content (AvgIpc) is 2.23. The monoisotopic (exact) mass is 260 g/mol. The highest BCUT2D eigenvalue weighted by Gasteiger charge is 2.10. The highest BCUT2D eigenvalue weighted by Crippen LogP contribution is 2.18. The van der Waals surface area contributed by atoms with Gasteiger partial charge in [0.05, 0.1) is 11.5 Å². The van der Waals surface area contributed by atoms with E-state index in [1.54, 1.807) is 19.1 Å². The fourth-order valence-corrected chi connectivity index (χ4v) is 2.58. The van der Waals surface area contributed by atoms with Crippen molar-refractivity contribution < 1.29 is 17.5 Å². The summed E-state index contributed by atoms with van der Waals surface area (Å²) in [5, 5.41) is 0. The van der Waals surface area contributed by atoms with Crippen LogP contribution in [0.4, 0.5) is 4.39 Å². The Balaban J connectivity index is 2.54. The molecular formula is C12H17FO3S. The summed E-state index contributed by atoms with van der Waals surface area (Å²) in [6, 6.07) is 4.50. The Labute approximate surface area is 102 Å². The number of rotatable bonds is 6. The van der Waals surface area contributed by atoms with Gasteiger partial charge in [-0.2, -0.15) is 0 Å². The molecule has 0 radical (unpaired) electrons. The van der Waals surface area contributed by atoms with Crippen LogP contribution in [0.3, 0.4) is 0 Å². The number of aryl methyl sites for hydroxylation is 1. The van der Waals surface area contributed by atoms with Crippen LogP contribution in [0.15, 0.2) is 18.2 Å². The number of benzene rings is 1. The summed E-state index contributed by atoms with van der Waals surface area (Å²) in [7, 11) is -3.07. The number of hydrogen-bond donors (Lipinski definition) is 0. The zero-order valence-corrected chi connectivity index (χ0v) is 10.9. The van der Waals surface area contributed by atoms with Gasteiger partial charge >= 0.3 is 0 Å². The van der Waals surface area contributed by atoms with Gasteiger partial charge in [0.2, 0.25) is 0 Å². The first-order chi connectivity index (χ1) is 7.94. The minimum absolute atomic E-state index is 0.0112. The maximum absolute atomic E-state index is 13.3. The Hall–Kier alpha value is -1.10. The third-order valence-electron chi connectivity index (χ3n) is 2.25. The molecule has 0 saturated heterocycles. The Bertz CT molecular complexity index is 469. The zero-order chi connectivity index (χ0) is 12.9. The molecule has 3 nitrogen and oxygen atoms in total. The Kier molecular flexibility index (Phi) is 4.93. The molecule has 0 bridgehead atoms. The quantitative estimate of drug-likeness (QED) is 0.788. The van der Waals surface area contributed by atoms with Gasteiger partial charge in [0.1, 0.15) is 6.61 Å². The molecule has 0 atom stereocenters. The molecule has 0 fully saturated rings. The SMILES string of the molecule is CCCS(=O)(=O)CCOc1cc(C)ccc1F. The van der Waals surface area contributed by atoms with E-state index in [-0.39, 0.29) is 23.9 Å². The van der Waals surface area contributed by atoms with Crippen molar-refractivity contribution in [3.05, 3.63) is 29.6 Å². The average molecular weight is 260 g/mol. The number of sulfone groups is 1. The van der Waals surface area contributed by atoms with Crippen molar-refractivity contribution in [3.8, 4) is 5.75 Å². The van der Waals surface area contributed by atoms with Crippen molar-refractivity contribution in [2.75, 3.05) is 18.1 Å². The number of ether oxygens (including phenoxy) is 1. The van der Waals surface area contributed by atoms with Crippen molar-refractivity contribution in [2.45, 2.75) is 20.3 Å². The maximum Gasteiger partial charge on any atom is 0.165 e. The van der Waals surface area contributed by atoms with Gasteiger partial charge in [0, 0.05) is 0 Å². The van der Waals surface area contributed by atoms with Crippen LogP contribution < -0.4 is 4.74 Å². The van der Waals surface area contributed by atoms with Crippen molar-refractivity contribution in [2.24, 2.45) is 0 Å². The lowest BCUT2D eigenvalue weighted by Crippen LogP contribution is -2.17. The molecule has 0 aromatic heterocycles. The highest BCUT2D eigenvalue weighted by atomic mass is 32.2. The summed E-state index contributed by atoms with van der Waals surface area (Å²) in [6.07, 6.45) is 0.584. The summed E-state index contributed by atoms with van der Waals surface area (Å²) in [4.78, 5) is 0. The van der Waals surface area contributed by atoms with E-state index in [4.69, 9.17) is 4.74 Å². The molecule has 5 heteroatoms. The van der Waals surface area contributed by atoms with Crippen LogP contribution in [0, 0.1) is 12.7 Å². The van der Waals surface area contributed by atoms with Crippen LogP contribution in [-0.2, 0) is 9.84 Å². The summed E-state index contributed by atoms with van der Waals surface area (Å²) in [5.41, 5.74) is 0.873. The highest BCUT2D eigenvalue weighted by molar-refractivity contribution is 7.91. The van der Waals surface area contributed by atoms with Crippen LogP contribution in [-0.4, -0.2) is 26.5 Å². The zero-order valence-electron chi connectivity index (χ0n) is 10.1. The molecule has 1 aromatic carbocycles. The predicted octanol–water partition coefficient (Wildman–Crippen LogP) is 2.34. The normalized spacial score (nSPS) is 11.5. The first kappa shape index (κ1) is 14.0. The van der Waals surface area contributed by atoms with E-state index in [2.05, 4.69) is 0 Å². The second kappa shape index (κ2) is 6.00. The number of halogens is 1. The molecule has 0 N–H and O–H groups in total. The van der Waals surface area contributed by atoms with Crippen LogP contribution in [0.1, 0.15) is 18.9 Å². The van der Waals surface area contributed by atoms with Gasteiger partial charge in [-0.3, -0.25) is 0 Å². The predicted molar refractivity (Wildman–Crippen MR) is 65.6 cm³/mol. The van der Waals surface area contributed by atoms with Gasteiger partial charge in [-0.25, -0.2) is 12.8 Å². The van der Waals surface area contributed by atoms with Gasteiger partial charge in [0.25, 0.3) is 0 Å².